The minimum absolute atomic E-state index is 0.117. The first-order valence-electron chi connectivity index (χ1n) is 8.57. The Morgan fingerprint density at radius 2 is 1.81 bits per heavy atom. The molecule has 1 heterocycles. The number of nitrogens with two attached hydrogens (primary N) is 1. The van der Waals surface area contributed by atoms with Crippen molar-refractivity contribution in [2.45, 2.75) is 26.8 Å². The Morgan fingerprint density at radius 1 is 1.08 bits per heavy atom. The molecular formula is C21H22N2O3. The topological polar surface area (TPSA) is 85.3 Å². The molecule has 3 N–H and O–H groups in total. The molecule has 0 saturated carbocycles. The molecule has 0 aliphatic rings. The summed E-state index contributed by atoms with van der Waals surface area (Å²) in [4.78, 5) is 24.3. The smallest absolute Gasteiger partial charge is 0.287 e. The van der Waals surface area contributed by atoms with Gasteiger partial charge in [0.25, 0.3) is 5.91 Å². The van der Waals surface area contributed by atoms with E-state index in [1.165, 1.54) is 0 Å². The predicted octanol–water partition coefficient (Wildman–Crippen LogP) is 3.97. The molecule has 0 fully saturated rings. The summed E-state index contributed by atoms with van der Waals surface area (Å²) < 4.78 is 5.75. The van der Waals surface area contributed by atoms with Crippen molar-refractivity contribution in [3.05, 3.63) is 71.0 Å². The van der Waals surface area contributed by atoms with Crippen molar-refractivity contribution in [1.82, 2.24) is 5.32 Å². The molecule has 0 aliphatic carbocycles. The fourth-order valence-corrected chi connectivity index (χ4v) is 3.12. The number of aryl methyl sites for hydroxylation is 1. The molecule has 1 unspecified atom stereocenters. The summed E-state index contributed by atoms with van der Waals surface area (Å²) in [5, 5.41) is 3.96. The highest BCUT2D eigenvalue weighted by Crippen LogP contribution is 2.27. The lowest BCUT2D eigenvalue weighted by Gasteiger charge is -2.23. The van der Waals surface area contributed by atoms with E-state index in [1.807, 2.05) is 51.1 Å². The van der Waals surface area contributed by atoms with Crippen LogP contribution < -0.4 is 11.1 Å². The van der Waals surface area contributed by atoms with E-state index in [9.17, 15) is 9.59 Å². The largest absolute Gasteiger partial charge is 0.451 e. The summed E-state index contributed by atoms with van der Waals surface area (Å²) in [5.74, 6) is -0.342. The fraction of sp³-hybridized carbons (Fsp3) is 0.238. The van der Waals surface area contributed by atoms with Gasteiger partial charge in [0.05, 0.1) is 6.04 Å². The van der Waals surface area contributed by atoms with Crippen LogP contribution in [0.3, 0.4) is 0 Å². The zero-order valence-corrected chi connectivity index (χ0v) is 15.1. The van der Waals surface area contributed by atoms with Gasteiger partial charge in [-0.15, -0.1) is 0 Å². The third-order valence-corrected chi connectivity index (χ3v) is 4.53. The summed E-state index contributed by atoms with van der Waals surface area (Å²) in [6.45, 7) is 5.89. The molecule has 26 heavy (non-hydrogen) atoms. The van der Waals surface area contributed by atoms with Gasteiger partial charge in [-0.2, -0.15) is 0 Å². The van der Waals surface area contributed by atoms with E-state index < -0.39 is 5.91 Å². The molecule has 0 radical (unpaired) electrons. The van der Waals surface area contributed by atoms with E-state index in [2.05, 4.69) is 5.32 Å². The van der Waals surface area contributed by atoms with Gasteiger partial charge < -0.3 is 15.5 Å². The summed E-state index contributed by atoms with van der Waals surface area (Å²) >= 11 is 0. The van der Waals surface area contributed by atoms with Crippen molar-refractivity contribution in [3.63, 3.8) is 0 Å². The second-order valence-corrected chi connectivity index (χ2v) is 6.74. The van der Waals surface area contributed by atoms with Crippen LogP contribution in [0.4, 0.5) is 0 Å². The number of hydrogen-bond donors (Lipinski definition) is 2. The molecule has 0 aliphatic heterocycles. The van der Waals surface area contributed by atoms with Crippen LogP contribution in [0.2, 0.25) is 0 Å². The molecule has 2 aromatic carbocycles. The monoisotopic (exact) mass is 350 g/mol. The standard InChI is InChI=1S/C21H22N2O3/c1-12(2)18(14-7-6-8-15(11-14)20(22)24)23-21(25)19-13(3)16-9-4-5-10-17(16)26-19/h4-12,18H,1-3H3,(H2,22,24)(H,23,25). The second kappa shape index (κ2) is 7.04. The lowest BCUT2D eigenvalue weighted by molar-refractivity contribution is 0.0898. The van der Waals surface area contributed by atoms with Gasteiger partial charge in [0.15, 0.2) is 5.76 Å². The van der Waals surface area contributed by atoms with Gasteiger partial charge in [-0.05, 0) is 36.6 Å². The van der Waals surface area contributed by atoms with Gasteiger partial charge in [-0.3, -0.25) is 9.59 Å². The van der Waals surface area contributed by atoms with E-state index in [-0.39, 0.29) is 17.9 Å². The summed E-state index contributed by atoms with van der Waals surface area (Å²) in [5.41, 5.74) is 8.12. The predicted molar refractivity (Wildman–Crippen MR) is 101 cm³/mol. The normalized spacial score (nSPS) is 12.3. The van der Waals surface area contributed by atoms with Crippen molar-refractivity contribution in [1.29, 1.82) is 0 Å². The van der Waals surface area contributed by atoms with Crippen molar-refractivity contribution >= 4 is 22.8 Å². The highest BCUT2D eigenvalue weighted by Gasteiger charge is 2.24. The lowest BCUT2D eigenvalue weighted by atomic mass is 9.94. The van der Waals surface area contributed by atoms with Crippen LogP contribution in [-0.4, -0.2) is 11.8 Å². The molecule has 1 aromatic heterocycles. The summed E-state index contributed by atoms with van der Waals surface area (Å²) in [6, 6.07) is 14.3. The average Bonchev–Trinajstić information content (AvgIpc) is 2.96. The first kappa shape index (κ1) is 17.7. The number of primary amides is 1. The highest BCUT2D eigenvalue weighted by atomic mass is 16.3. The van der Waals surface area contributed by atoms with Crippen LogP contribution >= 0.6 is 0 Å². The fourth-order valence-electron chi connectivity index (χ4n) is 3.12. The first-order chi connectivity index (χ1) is 12.4. The number of nitrogens with one attached hydrogen (secondary N) is 1. The number of amides is 2. The summed E-state index contributed by atoms with van der Waals surface area (Å²) in [7, 11) is 0. The van der Waals surface area contributed by atoms with Crippen LogP contribution in [0.15, 0.2) is 52.9 Å². The van der Waals surface area contributed by atoms with E-state index in [0.717, 1.165) is 16.5 Å². The Bertz CT molecular complexity index is 972. The maximum absolute atomic E-state index is 12.8. The van der Waals surface area contributed by atoms with Gasteiger partial charge >= 0.3 is 0 Å². The molecule has 0 saturated heterocycles. The number of rotatable bonds is 5. The molecular weight excluding hydrogens is 328 g/mol. The zero-order valence-electron chi connectivity index (χ0n) is 15.1. The highest BCUT2D eigenvalue weighted by molar-refractivity contribution is 5.99. The van der Waals surface area contributed by atoms with Crippen LogP contribution in [0.5, 0.6) is 0 Å². The van der Waals surface area contributed by atoms with E-state index in [4.69, 9.17) is 10.2 Å². The third kappa shape index (κ3) is 3.33. The minimum Gasteiger partial charge on any atom is -0.451 e. The van der Waals surface area contributed by atoms with Crippen LogP contribution in [0.25, 0.3) is 11.0 Å². The number of para-hydroxylation sites is 1. The summed E-state index contributed by atoms with van der Waals surface area (Å²) in [6.07, 6.45) is 0. The molecule has 5 heteroatoms. The van der Waals surface area contributed by atoms with Crippen LogP contribution in [0.1, 0.15) is 51.9 Å². The van der Waals surface area contributed by atoms with E-state index >= 15 is 0 Å². The maximum Gasteiger partial charge on any atom is 0.287 e. The number of hydrogen-bond acceptors (Lipinski definition) is 3. The Labute approximate surface area is 152 Å². The average molecular weight is 350 g/mol. The number of carbonyl (C=O) groups excluding carboxylic acids is 2. The molecule has 3 aromatic rings. The van der Waals surface area contributed by atoms with E-state index in [1.54, 1.807) is 18.2 Å². The van der Waals surface area contributed by atoms with Gasteiger partial charge in [0.2, 0.25) is 5.91 Å². The third-order valence-electron chi connectivity index (χ3n) is 4.53. The van der Waals surface area contributed by atoms with Crippen LogP contribution in [0, 0.1) is 12.8 Å². The Morgan fingerprint density at radius 3 is 2.46 bits per heavy atom. The quantitative estimate of drug-likeness (QED) is 0.730. The number of furan rings is 1. The van der Waals surface area contributed by atoms with E-state index in [0.29, 0.717) is 16.9 Å². The first-order valence-corrected chi connectivity index (χ1v) is 8.57. The number of benzene rings is 2. The van der Waals surface area contributed by atoms with Gasteiger partial charge in [0.1, 0.15) is 5.58 Å². The van der Waals surface area contributed by atoms with Crippen molar-refractivity contribution < 1.29 is 14.0 Å². The van der Waals surface area contributed by atoms with Crippen molar-refractivity contribution in [3.8, 4) is 0 Å². The van der Waals surface area contributed by atoms with Crippen LogP contribution in [-0.2, 0) is 0 Å². The van der Waals surface area contributed by atoms with Gasteiger partial charge in [-0.25, -0.2) is 0 Å². The van der Waals surface area contributed by atoms with Crippen molar-refractivity contribution in [2.75, 3.05) is 0 Å². The van der Waals surface area contributed by atoms with Gasteiger partial charge in [-0.1, -0.05) is 44.2 Å². The van der Waals surface area contributed by atoms with Gasteiger partial charge in [0, 0.05) is 16.5 Å². The molecule has 3 rings (SSSR count). The Balaban J connectivity index is 1.92. The molecule has 1 atom stereocenters. The molecule has 5 nitrogen and oxygen atoms in total. The zero-order chi connectivity index (χ0) is 18.8. The number of carbonyl (C=O) groups is 2. The SMILES string of the molecule is Cc1c(C(=O)NC(c2cccc(C(N)=O)c2)C(C)C)oc2ccccc12. The molecule has 0 bridgehead atoms. The molecule has 134 valence electrons. The van der Waals surface area contributed by atoms with Crippen molar-refractivity contribution in [2.24, 2.45) is 11.7 Å². The maximum atomic E-state index is 12.8. The lowest BCUT2D eigenvalue weighted by Crippen LogP contribution is -2.32. The molecule has 0 spiro atoms. The second-order valence-electron chi connectivity index (χ2n) is 6.74. The Hall–Kier alpha value is -3.08. The Kier molecular flexibility index (Phi) is 4.80. The molecule has 2 amide bonds. The number of fused-ring (bicyclic) bond motifs is 1. The minimum atomic E-state index is -0.492.